The van der Waals surface area contributed by atoms with Crippen LogP contribution in [0.1, 0.15) is 31.5 Å². The Bertz CT molecular complexity index is 938. The molecule has 0 saturated heterocycles. The monoisotopic (exact) mass is 398 g/mol. The Morgan fingerprint density at radius 1 is 1.19 bits per heavy atom. The molecule has 0 aliphatic heterocycles. The lowest BCUT2D eigenvalue weighted by Gasteiger charge is -2.10. The Labute approximate surface area is 167 Å². The third kappa shape index (κ3) is 4.34. The summed E-state index contributed by atoms with van der Waals surface area (Å²) < 4.78 is 1.91. The number of nitrogens with one attached hydrogen (secondary N) is 1. The van der Waals surface area contributed by atoms with Crippen LogP contribution in [-0.2, 0) is 4.79 Å². The van der Waals surface area contributed by atoms with E-state index in [1.807, 2.05) is 41.9 Å². The van der Waals surface area contributed by atoms with Gasteiger partial charge in [0, 0.05) is 16.6 Å². The summed E-state index contributed by atoms with van der Waals surface area (Å²) in [5.74, 6) is 1.35. The van der Waals surface area contributed by atoms with E-state index in [0.29, 0.717) is 16.1 Å². The Balaban J connectivity index is 1.48. The summed E-state index contributed by atoms with van der Waals surface area (Å²) in [7, 11) is 0. The molecule has 7 heteroatoms. The number of amides is 1. The van der Waals surface area contributed by atoms with Crippen molar-refractivity contribution < 1.29 is 4.79 Å². The smallest absolute Gasteiger partial charge is 0.237 e. The SMILES string of the molecule is C[C@@H](Sc1nc(C2CC2)n(-c2ccccc2)n1)C(=O)Nc1ccc(Cl)cc1. The highest BCUT2D eigenvalue weighted by molar-refractivity contribution is 8.00. The van der Waals surface area contributed by atoms with E-state index in [-0.39, 0.29) is 11.2 Å². The molecule has 138 valence electrons. The number of nitrogens with zero attached hydrogens (tertiary/aromatic N) is 3. The highest BCUT2D eigenvalue weighted by Gasteiger charge is 2.31. The number of rotatable bonds is 6. The molecule has 4 rings (SSSR count). The van der Waals surface area contributed by atoms with Crippen LogP contribution in [0.25, 0.3) is 5.69 Å². The fourth-order valence-corrected chi connectivity index (χ4v) is 3.59. The molecule has 3 aromatic rings. The summed E-state index contributed by atoms with van der Waals surface area (Å²) in [6.07, 6.45) is 2.28. The molecular weight excluding hydrogens is 380 g/mol. The quantitative estimate of drug-likeness (QED) is 0.599. The van der Waals surface area contributed by atoms with Crippen LogP contribution in [0, 0.1) is 0 Å². The van der Waals surface area contributed by atoms with Gasteiger partial charge in [0.2, 0.25) is 11.1 Å². The van der Waals surface area contributed by atoms with Crippen LogP contribution >= 0.6 is 23.4 Å². The highest BCUT2D eigenvalue weighted by Crippen LogP contribution is 2.40. The molecule has 1 saturated carbocycles. The van der Waals surface area contributed by atoms with E-state index in [4.69, 9.17) is 16.6 Å². The van der Waals surface area contributed by atoms with Crippen molar-refractivity contribution >= 4 is 35.0 Å². The first-order chi connectivity index (χ1) is 13.1. The Hall–Kier alpha value is -2.31. The maximum Gasteiger partial charge on any atom is 0.237 e. The summed E-state index contributed by atoms with van der Waals surface area (Å²) in [6.45, 7) is 1.86. The van der Waals surface area contributed by atoms with Crippen molar-refractivity contribution in [1.29, 1.82) is 0 Å². The number of anilines is 1. The minimum atomic E-state index is -0.320. The lowest BCUT2D eigenvalue weighted by atomic mass is 10.3. The molecule has 1 atom stereocenters. The van der Waals surface area contributed by atoms with Crippen molar-refractivity contribution in [2.24, 2.45) is 0 Å². The molecule has 27 heavy (non-hydrogen) atoms. The number of benzene rings is 2. The largest absolute Gasteiger partial charge is 0.325 e. The first kappa shape index (κ1) is 18.1. The first-order valence-corrected chi connectivity index (χ1v) is 10.1. The van der Waals surface area contributed by atoms with E-state index in [1.54, 1.807) is 24.3 Å². The summed E-state index contributed by atoms with van der Waals surface area (Å²) >= 11 is 7.25. The van der Waals surface area contributed by atoms with E-state index >= 15 is 0 Å². The number of aromatic nitrogens is 3. The standard InChI is InChI=1S/C20H19ClN4OS/c1-13(19(26)22-16-11-9-15(21)10-12-16)27-20-23-18(14-7-8-14)25(24-20)17-5-3-2-4-6-17/h2-6,9-14H,7-8H2,1H3,(H,22,26)/t13-/m1/s1. The van der Waals surface area contributed by atoms with Gasteiger partial charge in [-0.25, -0.2) is 9.67 Å². The third-order valence-corrected chi connectivity index (χ3v) is 5.52. The second-order valence-corrected chi connectivity index (χ2v) is 8.27. The molecule has 0 unspecified atom stereocenters. The Kier molecular flexibility index (Phi) is 5.18. The van der Waals surface area contributed by atoms with Gasteiger partial charge in [-0.1, -0.05) is 41.6 Å². The van der Waals surface area contributed by atoms with E-state index in [1.165, 1.54) is 11.8 Å². The van der Waals surface area contributed by atoms with Crippen molar-refractivity contribution in [2.45, 2.75) is 36.1 Å². The fraction of sp³-hybridized carbons (Fsp3) is 0.250. The van der Waals surface area contributed by atoms with Crippen molar-refractivity contribution in [2.75, 3.05) is 5.32 Å². The molecule has 1 heterocycles. The second kappa shape index (κ2) is 7.74. The number of halogens is 1. The van der Waals surface area contributed by atoms with Crippen LogP contribution in [0.3, 0.4) is 0 Å². The van der Waals surface area contributed by atoms with Gasteiger partial charge in [-0.2, -0.15) is 0 Å². The molecule has 0 radical (unpaired) electrons. The number of para-hydroxylation sites is 1. The molecule has 1 amide bonds. The first-order valence-electron chi connectivity index (χ1n) is 8.85. The van der Waals surface area contributed by atoms with Crippen molar-refractivity contribution in [1.82, 2.24) is 14.8 Å². The maximum absolute atomic E-state index is 12.5. The molecule has 1 aliphatic rings. The van der Waals surface area contributed by atoms with Gasteiger partial charge >= 0.3 is 0 Å². The third-order valence-electron chi connectivity index (χ3n) is 4.32. The zero-order chi connectivity index (χ0) is 18.8. The van der Waals surface area contributed by atoms with Gasteiger partial charge in [-0.15, -0.1) is 5.10 Å². The predicted molar refractivity (Wildman–Crippen MR) is 109 cm³/mol. The van der Waals surface area contributed by atoms with Gasteiger partial charge in [0.25, 0.3) is 0 Å². The number of hydrogen-bond donors (Lipinski definition) is 1. The lowest BCUT2D eigenvalue weighted by Crippen LogP contribution is -2.22. The number of thioether (sulfide) groups is 1. The fourth-order valence-electron chi connectivity index (χ4n) is 2.71. The molecule has 1 N–H and O–H groups in total. The summed E-state index contributed by atoms with van der Waals surface area (Å²) in [4.78, 5) is 17.2. The number of carbonyl (C=O) groups excluding carboxylic acids is 1. The molecule has 1 aromatic heterocycles. The van der Waals surface area contributed by atoms with Gasteiger partial charge in [0.15, 0.2) is 0 Å². The van der Waals surface area contributed by atoms with E-state index in [9.17, 15) is 4.79 Å². The average molecular weight is 399 g/mol. The van der Waals surface area contributed by atoms with E-state index < -0.39 is 0 Å². The summed E-state index contributed by atoms with van der Waals surface area (Å²) in [6, 6.07) is 17.1. The zero-order valence-electron chi connectivity index (χ0n) is 14.8. The van der Waals surface area contributed by atoms with Crippen molar-refractivity contribution in [3.05, 3.63) is 65.4 Å². The van der Waals surface area contributed by atoms with Crippen LogP contribution in [0.4, 0.5) is 5.69 Å². The van der Waals surface area contributed by atoms with Crippen molar-refractivity contribution in [3.8, 4) is 5.69 Å². The predicted octanol–water partition coefficient (Wildman–Crippen LogP) is 4.92. The minimum Gasteiger partial charge on any atom is -0.325 e. The molecule has 0 bridgehead atoms. The van der Waals surface area contributed by atoms with Crippen LogP contribution in [-0.4, -0.2) is 25.9 Å². The van der Waals surface area contributed by atoms with Gasteiger partial charge in [-0.3, -0.25) is 4.79 Å². The highest BCUT2D eigenvalue weighted by atomic mass is 35.5. The Morgan fingerprint density at radius 2 is 1.89 bits per heavy atom. The van der Waals surface area contributed by atoms with E-state index in [0.717, 1.165) is 30.0 Å². The minimum absolute atomic E-state index is 0.0913. The number of hydrogen-bond acceptors (Lipinski definition) is 4. The maximum atomic E-state index is 12.5. The van der Waals surface area contributed by atoms with Crippen LogP contribution in [0.15, 0.2) is 59.8 Å². The zero-order valence-corrected chi connectivity index (χ0v) is 16.4. The molecular formula is C20H19ClN4OS. The summed E-state index contributed by atoms with van der Waals surface area (Å²) in [5.41, 5.74) is 1.72. The second-order valence-electron chi connectivity index (χ2n) is 6.53. The van der Waals surface area contributed by atoms with Crippen molar-refractivity contribution in [3.63, 3.8) is 0 Å². The molecule has 1 aliphatic carbocycles. The van der Waals surface area contributed by atoms with E-state index in [2.05, 4.69) is 10.4 Å². The normalized spacial score (nSPS) is 14.7. The van der Waals surface area contributed by atoms with Crippen LogP contribution in [0.5, 0.6) is 0 Å². The van der Waals surface area contributed by atoms with Gasteiger partial charge < -0.3 is 5.32 Å². The van der Waals surface area contributed by atoms with Gasteiger partial charge in [-0.05, 0) is 56.2 Å². The molecule has 5 nitrogen and oxygen atoms in total. The lowest BCUT2D eigenvalue weighted by molar-refractivity contribution is -0.115. The average Bonchev–Trinajstić information content (AvgIpc) is 3.44. The molecule has 1 fully saturated rings. The summed E-state index contributed by atoms with van der Waals surface area (Å²) in [5, 5.41) is 8.49. The van der Waals surface area contributed by atoms with Gasteiger partial charge in [0.1, 0.15) is 5.82 Å². The number of carbonyl (C=O) groups is 1. The molecule has 2 aromatic carbocycles. The topological polar surface area (TPSA) is 59.8 Å². The Morgan fingerprint density at radius 3 is 2.56 bits per heavy atom. The van der Waals surface area contributed by atoms with Crippen LogP contribution in [0.2, 0.25) is 5.02 Å². The van der Waals surface area contributed by atoms with Gasteiger partial charge in [0.05, 0.1) is 10.9 Å². The van der Waals surface area contributed by atoms with Crippen LogP contribution < -0.4 is 5.32 Å². The molecule has 0 spiro atoms.